The minimum absolute atomic E-state index is 0.00110. The number of amides is 1. The number of carboxylic acids is 1. The molecule has 2 aromatic carbocycles. The van der Waals surface area contributed by atoms with Gasteiger partial charge in [0.05, 0.1) is 11.2 Å². The number of hydrogen-bond acceptors (Lipinski definition) is 6. The number of benzene rings is 2. The van der Waals surface area contributed by atoms with Crippen LogP contribution in [-0.2, 0) is 37.2 Å². The molecule has 0 aliphatic heterocycles. The van der Waals surface area contributed by atoms with Crippen molar-refractivity contribution >= 4 is 33.4 Å². The first-order valence-corrected chi connectivity index (χ1v) is 16.6. The zero-order valence-electron chi connectivity index (χ0n) is 24.9. The smallest absolute Gasteiger partial charge is 0.322 e. The van der Waals surface area contributed by atoms with Crippen LogP contribution in [0.3, 0.4) is 0 Å². The van der Waals surface area contributed by atoms with Crippen LogP contribution in [0, 0.1) is 22.2 Å². The maximum Gasteiger partial charge on any atom is 0.322 e. The SMILES string of the molecule is CC12CC3CC(=O)C(CS(=O)(=O)NC(Cc4ccc(-c5cccc(NC(=O)CCc6cccnc6)c5)cc4)C(=O)O)(C1)C32C. The van der Waals surface area contributed by atoms with Gasteiger partial charge in [0.1, 0.15) is 11.8 Å². The normalized spacial score (nSPS) is 27.5. The number of nitrogens with one attached hydrogen (secondary N) is 2. The van der Waals surface area contributed by atoms with E-state index >= 15 is 0 Å². The third-order valence-electron chi connectivity index (χ3n) is 10.7. The standard InChI is InChI=1S/C34H37N3O6S/c1-32-18-26-17-29(38)34(20-32,33(26,32)2)21-44(42,43)37-28(31(40)41)15-22-8-11-24(12-9-22)25-6-3-7-27(16-25)36-30(39)13-10-23-5-4-14-35-19-23/h3-9,11-12,14,16,19,26,28,37H,10,13,15,17-18,20-21H2,1-2H3,(H,36,39)(H,40,41). The third kappa shape index (κ3) is 5.13. The molecule has 3 aliphatic rings. The molecule has 3 saturated carbocycles. The molecule has 10 heteroatoms. The van der Waals surface area contributed by atoms with Gasteiger partial charge in [0.2, 0.25) is 15.9 Å². The molecule has 3 aliphatic carbocycles. The summed E-state index contributed by atoms with van der Waals surface area (Å²) in [6.07, 6.45) is 6.22. The van der Waals surface area contributed by atoms with Crippen molar-refractivity contribution in [1.29, 1.82) is 0 Å². The summed E-state index contributed by atoms with van der Waals surface area (Å²) >= 11 is 0. The Morgan fingerprint density at radius 3 is 2.50 bits per heavy atom. The van der Waals surface area contributed by atoms with Gasteiger partial charge in [-0.25, -0.2) is 13.1 Å². The average molecular weight is 616 g/mol. The molecule has 0 spiro atoms. The summed E-state index contributed by atoms with van der Waals surface area (Å²) < 4.78 is 29.0. The van der Waals surface area contributed by atoms with E-state index in [1.54, 1.807) is 24.5 Å². The minimum Gasteiger partial charge on any atom is -0.480 e. The number of aliphatic carboxylic acids is 1. The molecule has 5 unspecified atom stereocenters. The highest BCUT2D eigenvalue weighted by Gasteiger charge is 2.84. The summed E-state index contributed by atoms with van der Waals surface area (Å²) in [5, 5.41) is 12.8. The van der Waals surface area contributed by atoms with Crippen molar-refractivity contribution < 1.29 is 27.9 Å². The quantitative estimate of drug-likeness (QED) is 0.270. The zero-order valence-corrected chi connectivity index (χ0v) is 25.7. The number of nitrogens with zero attached hydrogens (tertiary/aromatic N) is 1. The summed E-state index contributed by atoms with van der Waals surface area (Å²) in [6, 6.07) is 17.1. The van der Waals surface area contributed by atoms with Crippen LogP contribution in [0.5, 0.6) is 0 Å². The predicted octanol–water partition coefficient (Wildman–Crippen LogP) is 4.63. The topological polar surface area (TPSA) is 143 Å². The Labute approximate surface area is 257 Å². The van der Waals surface area contributed by atoms with Gasteiger partial charge in [0.25, 0.3) is 0 Å². The maximum absolute atomic E-state index is 13.3. The van der Waals surface area contributed by atoms with Crippen molar-refractivity contribution in [3.63, 3.8) is 0 Å². The molecule has 1 amide bonds. The van der Waals surface area contributed by atoms with Crippen molar-refractivity contribution in [1.82, 2.24) is 9.71 Å². The monoisotopic (exact) mass is 615 g/mol. The highest BCUT2D eigenvalue weighted by Crippen LogP contribution is 2.85. The predicted molar refractivity (Wildman–Crippen MR) is 166 cm³/mol. The second-order valence-electron chi connectivity index (χ2n) is 13.2. The van der Waals surface area contributed by atoms with E-state index in [1.165, 1.54) is 0 Å². The first-order valence-electron chi connectivity index (χ1n) is 15.0. The van der Waals surface area contributed by atoms with Crippen LogP contribution in [0.4, 0.5) is 5.69 Å². The highest BCUT2D eigenvalue weighted by molar-refractivity contribution is 7.89. The van der Waals surface area contributed by atoms with Crippen LogP contribution in [0.15, 0.2) is 73.1 Å². The molecular weight excluding hydrogens is 578 g/mol. The molecule has 0 saturated heterocycles. The molecule has 0 radical (unpaired) electrons. The van der Waals surface area contributed by atoms with Crippen LogP contribution in [-0.4, -0.2) is 48.0 Å². The number of aromatic nitrogens is 1. The van der Waals surface area contributed by atoms with Crippen molar-refractivity contribution in [2.24, 2.45) is 22.2 Å². The second-order valence-corrected chi connectivity index (χ2v) is 15.0. The number of anilines is 1. The van der Waals surface area contributed by atoms with Gasteiger partial charge in [-0.05, 0) is 82.9 Å². The number of pyridine rings is 1. The lowest BCUT2D eigenvalue weighted by Crippen LogP contribution is -2.73. The lowest BCUT2D eigenvalue weighted by molar-refractivity contribution is -0.264. The third-order valence-corrected chi connectivity index (χ3v) is 12.2. The van der Waals surface area contributed by atoms with Crippen molar-refractivity contribution in [3.8, 4) is 11.1 Å². The summed E-state index contributed by atoms with van der Waals surface area (Å²) in [7, 11) is -4.05. The maximum atomic E-state index is 13.3. The molecule has 5 atom stereocenters. The number of hydrogen-bond donors (Lipinski definition) is 3. The number of ketones is 1. The molecule has 3 N–H and O–H groups in total. The number of rotatable bonds is 12. The minimum atomic E-state index is -4.05. The van der Waals surface area contributed by atoms with Crippen LogP contribution in [0.1, 0.15) is 50.7 Å². The Balaban J connectivity index is 1.08. The summed E-state index contributed by atoms with van der Waals surface area (Å²) in [5.74, 6) is -1.52. The van der Waals surface area contributed by atoms with Gasteiger partial charge < -0.3 is 10.4 Å². The van der Waals surface area contributed by atoms with Gasteiger partial charge in [-0.2, -0.15) is 0 Å². The number of Topliss-reactive ketones (excluding diaryl/α,β-unsaturated/α-hetero) is 1. The van der Waals surface area contributed by atoms with Gasteiger partial charge in [0.15, 0.2) is 0 Å². The summed E-state index contributed by atoms with van der Waals surface area (Å²) in [4.78, 5) is 41.7. The molecule has 1 heterocycles. The van der Waals surface area contributed by atoms with Crippen LogP contribution in [0.25, 0.3) is 11.1 Å². The van der Waals surface area contributed by atoms with Crippen molar-refractivity contribution in [2.75, 3.05) is 11.1 Å². The number of sulfonamides is 1. The molecule has 6 rings (SSSR count). The van der Waals surface area contributed by atoms with Crippen LogP contribution >= 0.6 is 0 Å². The van der Waals surface area contributed by atoms with Gasteiger partial charge in [0, 0.05) is 30.9 Å². The Kier molecular flexibility index (Phi) is 7.49. The molecule has 1 aromatic heterocycles. The van der Waals surface area contributed by atoms with Crippen molar-refractivity contribution in [2.45, 2.75) is 58.4 Å². The molecule has 44 heavy (non-hydrogen) atoms. The van der Waals surface area contributed by atoms with E-state index < -0.39 is 27.4 Å². The van der Waals surface area contributed by atoms with Gasteiger partial charge >= 0.3 is 5.97 Å². The fourth-order valence-electron chi connectivity index (χ4n) is 8.29. The Hall–Kier alpha value is -3.89. The highest BCUT2D eigenvalue weighted by atomic mass is 32.2. The van der Waals surface area contributed by atoms with Crippen LogP contribution < -0.4 is 10.0 Å². The first-order chi connectivity index (χ1) is 20.8. The molecule has 9 nitrogen and oxygen atoms in total. The summed E-state index contributed by atoms with van der Waals surface area (Å²) in [5.41, 5.74) is 2.77. The summed E-state index contributed by atoms with van der Waals surface area (Å²) in [6.45, 7) is 4.16. The van der Waals surface area contributed by atoms with E-state index in [0.29, 0.717) is 36.9 Å². The fourth-order valence-corrected chi connectivity index (χ4v) is 10.2. The second kappa shape index (κ2) is 10.9. The van der Waals surface area contributed by atoms with E-state index in [4.69, 9.17) is 0 Å². The van der Waals surface area contributed by atoms with E-state index in [-0.39, 0.29) is 40.6 Å². The van der Waals surface area contributed by atoms with Gasteiger partial charge in [-0.15, -0.1) is 0 Å². The lowest BCUT2D eigenvalue weighted by atomic mass is 9.28. The van der Waals surface area contributed by atoms with Crippen molar-refractivity contribution in [3.05, 3.63) is 84.2 Å². The van der Waals surface area contributed by atoms with E-state index in [1.807, 2.05) is 55.5 Å². The first kappa shape index (κ1) is 30.1. The van der Waals surface area contributed by atoms with E-state index in [9.17, 15) is 27.9 Å². The van der Waals surface area contributed by atoms with Gasteiger partial charge in [-0.1, -0.05) is 56.3 Å². The Morgan fingerprint density at radius 2 is 1.82 bits per heavy atom. The number of carbonyl (C=O) groups excluding carboxylic acids is 2. The molecule has 3 fully saturated rings. The molecular formula is C34H37N3O6S. The van der Waals surface area contributed by atoms with E-state index in [2.05, 4.69) is 21.9 Å². The fraction of sp³-hybridized carbons (Fsp3) is 0.412. The Morgan fingerprint density at radius 1 is 1.05 bits per heavy atom. The Bertz CT molecular complexity index is 1730. The molecule has 230 valence electrons. The zero-order chi connectivity index (χ0) is 31.3. The molecule has 0 bridgehead atoms. The number of carbonyl (C=O) groups is 3. The number of carboxylic acid groups (broad SMARTS) is 1. The molecule has 3 aromatic rings. The average Bonchev–Trinajstić information content (AvgIpc) is 3.05. The lowest BCUT2D eigenvalue weighted by Gasteiger charge is -2.75. The largest absolute Gasteiger partial charge is 0.480 e. The number of aryl methyl sites for hydroxylation is 1. The van der Waals surface area contributed by atoms with Gasteiger partial charge in [-0.3, -0.25) is 19.4 Å². The van der Waals surface area contributed by atoms with E-state index in [0.717, 1.165) is 23.1 Å². The van der Waals surface area contributed by atoms with Crippen LogP contribution in [0.2, 0.25) is 0 Å².